The van der Waals surface area contributed by atoms with Gasteiger partial charge in [-0.25, -0.2) is 0 Å². The number of rotatable bonds is 3. The highest BCUT2D eigenvalue weighted by molar-refractivity contribution is 5.85. The smallest absolute Gasteiger partial charge is 0.239 e. The van der Waals surface area contributed by atoms with Crippen molar-refractivity contribution in [2.75, 3.05) is 26.2 Å². The minimum atomic E-state index is -0.384. The van der Waals surface area contributed by atoms with Gasteiger partial charge in [0.1, 0.15) is 0 Å². The monoisotopic (exact) mass is 283 g/mol. The van der Waals surface area contributed by atoms with E-state index in [0.29, 0.717) is 0 Å². The summed E-state index contributed by atoms with van der Waals surface area (Å²) in [5, 5.41) is 0. The summed E-state index contributed by atoms with van der Waals surface area (Å²) in [6.45, 7) is 6.13. The zero-order valence-corrected chi connectivity index (χ0v) is 12.1. The lowest BCUT2D eigenvalue weighted by atomic mass is 10.2. The number of carbonyl (C=O) groups is 1. The molecule has 1 aromatic carbocycles. The topological polar surface area (TPSA) is 49.6 Å². The lowest BCUT2D eigenvalue weighted by molar-refractivity contribution is -0.134. The van der Waals surface area contributed by atoms with Gasteiger partial charge in [-0.05, 0) is 12.5 Å². The van der Waals surface area contributed by atoms with Gasteiger partial charge in [0.25, 0.3) is 0 Å². The number of halogens is 1. The lowest BCUT2D eigenvalue weighted by Gasteiger charge is -2.35. The van der Waals surface area contributed by atoms with Crippen LogP contribution in [0.15, 0.2) is 30.3 Å². The Morgan fingerprint density at radius 1 is 1.21 bits per heavy atom. The van der Waals surface area contributed by atoms with Crippen LogP contribution in [0.4, 0.5) is 0 Å². The highest BCUT2D eigenvalue weighted by atomic mass is 35.5. The molecule has 106 valence electrons. The molecule has 1 unspecified atom stereocenters. The number of amides is 1. The summed E-state index contributed by atoms with van der Waals surface area (Å²) in [4.78, 5) is 16.0. The number of carbonyl (C=O) groups excluding carboxylic acids is 1. The van der Waals surface area contributed by atoms with E-state index in [1.165, 1.54) is 5.56 Å². The average molecular weight is 284 g/mol. The van der Waals surface area contributed by atoms with Crippen molar-refractivity contribution in [2.45, 2.75) is 19.5 Å². The third-order valence-corrected chi connectivity index (χ3v) is 3.32. The summed E-state index contributed by atoms with van der Waals surface area (Å²) < 4.78 is 0. The Hall–Kier alpha value is -1.10. The van der Waals surface area contributed by atoms with Crippen LogP contribution in [0, 0.1) is 0 Å². The molecule has 0 bridgehead atoms. The average Bonchev–Trinajstić information content (AvgIpc) is 2.40. The number of hydrogen-bond donors (Lipinski definition) is 1. The van der Waals surface area contributed by atoms with E-state index in [0.717, 1.165) is 32.7 Å². The number of hydrogen-bond acceptors (Lipinski definition) is 3. The van der Waals surface area contributed by atoms with E-state index in [-0.39, 0.29) is 24.4 Å². The van der Waals surface area contributed by atoms with E-state index in [4.69, 9.17) is 5.73 Å². The fourth-order valence-electron chi connectivity index (χ4n) is 2.26. The van der Waals surface area contributed by atoms with Gasteiger partial charge < -0.3 is 10.6 Å². The maximum Gasteiger partial charge on any atom is 0.239 e. The predicted molar refractivity (Wildman–Crippen MR) is 79.2 cm³/mol. The van der Waals surface area contributed by atoms with Gasteiger partial charge in [0.15, 0.2) is 0 Å². The summed E-state index contributed by atoms with van der Waals surface area (Å²) >= 11 is 0. The van der Waals surface area contributed by atoms with Gasteiger partial charge in [-0.1, -0.05) is 30.3 Å². The Bertz CT molecular complexity index is 389. The second-order valence-corrected chi connectivity index (χ2v) is 4.88. The third-order valence-electron chi connectivity index (χ3n) is 3.32. The minimum Gasteiger partial charge on any atom is -0.339 e. The van der Waals surface area contributed by atoms with Gasteiger partial charge in [-0.15, -0.1) is 12.4 Å². The minimum absolute atomic E-state index is 0. The molecule has 2 rings (SSSR count). The summed E-state index contributed by atoms with van der Waals surface area (Å²) in [6, 6.07) is 10.0. The van der Waals surface area contributed by atoms with Gasteiger partial charge in [0, 0.05) is 32.7 Å². The zero-order chi connectivity index (χ0) is 13.0. The molecule has 1 aliphatic heterocycles. The van der Waals surface area contributed by atoms with Crippen molar-refractivity contribution in [2.24, 2.45) is 5.73 Å². The fraction of sp³-hybridized carbons (Fsp3) is 0.500. The van der Waals surface area contributed by atoms with Gasteiger partial charge >= 0.3 is 0 Å². The van der Waals surface area contributed by atoms with Crippen molar-refractivity contribution >= 4 is 18.3 Å². The molecular formula is C14H22ClN3O. The maximum atomic E-state index is 11.7. The highest BCUT2D eigenvalue weighted by Crippen LogP contribution is 2.08. The van der Waals surface area contributed by atoms with E-state index >= 15 is 0 Å². The van der Waals surface area contributed by atoms with Crippen LogP contribution in [0.2, 0.25) is 0 Å². The summed E-state index contributed by atoms with van der Waals surface area (Å²) in [6.07, 6.45) is 0. The van der Waals surface area contributed by atoms with Crippen molar-refractivity contribution in [3.63, 3.8) is 0 Å². The van der Waals surface area contributed by atoms with Crippen LogP contribution >= 0.6 is 12.4 Å². The first-order valence-electron chi connectivity index (χ1n) is 6.47. The molecule has 1 aromatic rings. The molecule has 1 fully saturated rings. The molecule has 0 aromatic heterocycles. The largest absolute Gasteiger partial charge is 0.339 e. The molecule has 0 spiro atoms. The first kappa shape index (κ1) is 16.0. The SMILES string of the molecule is CC(N)C(=O)N1CCN(Cc2ccccc2)CC1.Cl. The third kappa shape index (κ3) is 4.49. The lowest BCUT2D eigenvalue weighted by Crippen LogP contribution is -2.52. The van der Waals surface area contributed by atoms with Crippen LogP contribution in [-0.4, -0.2) is 47.9 Å². The zero-order valence-electron chi connectivity index (χ0n) is 11.3. The molecule has 5 heteroatoms. The first-order valence-corrected chi connectivity index (χ1v) is 6.47. The van der Waals surface area contributed by atoms with Crippen molar-refractivity contribution in [3.8, 4) is 0 Å². The summed E-state index contributed by atoms with van der Waals surface area (Å²) in [5.41, 5.74) is 6.94. The molecule has 0 aliphatic carbocycles. The molecule has 4 nitrogen and oxygen atoms in total. The van der Waals surface area contributed by atoms with E-state index < -0.39 is 0 Å². The van der Waals surface area contributed by atoms with Crippen molar-refractivity contribution < 1.29 is 4.79 Å². The molecule has 1 saturated heterocycles. The van der Waals surface area contributed by atoms with E-state index in [9.17, 15) is 4.79 Å². The fourth-order valence-corrected chi connectivity index (χ4v) is 2.26. The molecule has 0 saturated carbocycles. The van der Waals surface area contributed by atoms with Crippen LogP contribution in [0.1, 0.15) is 12.5 Å². The summed E-state index contributed by atoms with van der Waals surface area (Å²) in [5.74, 6) is 0.0642. The van der Waals surface area contributed by atoms with Crippen LogP contribution in [-0.2, 0) is 11.3 Å². The Kier molecular flexibility index (Phi) is 6.28. The maximum absolute atomic E-state index is 11.7. The Morgan fingerprint density at radius 2 is 1.79 bits per heavy atom. The Balaban J connectivity index is 0.00000180. The van der Waals surface area contributed by atoms with E-state index in [2.05, 4.69) is 29.2 Å². The van der Waals surface area contributed by atoms with Crippen LogP contribution in [0.25, 0.3) is 0 Å². The predicted octanol–water partition coefficient (Wildman–Crippen LogP) is 1.10. The number of piperazine rings is 1. The van der Waals surface area contributed by atoms with E-state index in [1.807, 2.05) is 11.0 Å². The van der Waals surface area contributed by atoms with Crippen molar-refractivity contribution in [3.05, 3.63) is 35.9 Å². The molecule has 1 heterocycles. The van der Waals surface area contributed by atoms with Gasteiger partial charge in [0.05, 0.1) is 6.04 Å². The number of benzene rings is 1. The second kappa shape index (κ2) is 7.48. The van der Waals surface area contributed by atoms with Crippen LogP contribution in [0.5, 0.6) is 0 Å². The van der Waals surface area contributed by atoms with Gasteiger partial charge in [0.2, 0.25) is 5.91 Å². The molecule has 0 radical (unpaired) electrons. The first-order chi connectivity index (χ1) is 8.66. The molecule has 1 amide bonds. The molecule has 1 atom stereocenters. The van der Waals surface area contributed by atoms with Crippen LogP contribution < -0.4 is 5.73 Å². The van der Waals surface area contributed by atoms with E-state index in [1.54, 1.807) is 6.92 Å². The highest BCUT2D eigenvalue weighted by Gasteiger charge is 2.22. The Labute approximate surface area is 121 Å². The Morgan fingerprint density at radius 3 is 2.32 bits per heavy atom. The second-order valence-electron chi connectivity index (χ2n) is 4.88. The standard InChI is InChI=1S/C14H21N3O.ClH/c1-12(15)14(18)17-9-7-16(8-10-17)11-13-5-3-2-4-6-13;/h2-6,12H,7-11,15H2,1H3;1H. The van der Waals surface area contributed by atoms with Gasteiger partial charge in [-0.2, -0.15) is 0 Å². The van der Waals surface area contributed by atoms with Gasteiger partial charge in [-0.3, -0.25) is 9.69 Å². The van der Waals surface area contributed by atoms with Crippen molar-refractivity contribution in [1.82, 2.24) is 9.80 Å². The van der Waals surface area contributed by atoms with Crippen LogP contribution in [0.3, 0.4) is 0 Å². The molecular weight excluding hydrogens is 262 g/mol. The quantitative estimate of drug-likeness (QED) is 0.904. The number of nitrogens with zero attached hydrogens (tertiary/aromatic N) is 2. The molecule has 2 N–H and O–H groups in total. The normalized spacial score (nSPS) is 17.7. The summed E-state index contributed by atoms with van der Waals surface area (Å²) in [7, 11) is 0. The number of nitrogens with two attached hydrogens (primary N) is 1. The van der Waals surface area contributed by atoms with Crippen molar-refractivity contribution in [1.29, 1.82) is 0 Å². The molecule has 19 heavy (non-hydrogen) atoms. The molecule has 1 aliphatic rings.